The van der Waals surface area contributed by atoms with E-state index < -0.39 is 0 Å². The normalized spacial score (nSPS) is 17.9. The van der Waals surface area contributed by atoms with Crippen LogP contribution in [0.15, 0.2) is 16.9 Å². The minimum Gasteiger partial charge on any atom is -0.310 e. The molecule has 1 atom stereocenters. The Morgan fingerprint density at radius 3 is 3.12 bits per heavy atom. The second-order valence-corrected chi connectivity index (χ2v) is 4.27. The largest absolute Gasteiger partial charge is 0.310 e. The summed E-state index contributed by atoms with van der Waals surface area (Å²) in [6.07, 6.45) is 0.662. The summed E-state index contributed by atoms with van der Waals surface area (Å²) in [6, 6.07) is 2.86. The highest BCUT2D eigenvalue weighted by atomic mass is 35.5. The minimum absolute atomic E-state index is 0.129. The third-order valence-electron chi connectivity index (χ3n) is 2.68. The van der Waals surface area contributed by atoms with Crippen LogP contribution in [0.3, 0.4) is 0 Å². The number of pyridine rings is 1. The average molecular weight is 257 g/mol. The van der Waals surface area contributed by atoms with Crippen molar-refractivity contribution in [1.82, 2.24) is 10.0 Å². The second kappa shape index (κ2) is 4.89. The van der Waals surface area contributed by atoms with Crippen molar-refractivity contribution in [2.24, 2.45) is 0 Å². The van der Waals surface area contributed by atoms with Gasteiger partial charge in [-0.25, -0.2) is 5.48 Å². The van der Waals surface area contributed by atoms with Gasteiger partial charge in [-0.1, -0.05) is 0 Å². The fourth-order valence-electron chi connectivity index (χ4n) is 1.93. The molecule has 92 valence electrons. The van der Waals surface area contributed by atoms with Crippen molar-refractivity contribution in [2.75, 3.05) is 6.61 Å². The van der Waals surface area contributed by atoms with Gasteiger partial charge in [0.15, 0.2) is 0 Å². The van der Waals surface area contributed by atoms with Crippen molar-refractivity contribution in [3.05, 3.63) is 33.7 Å². The number of nitrogens with one attached hydrogen (secondary N) is 1. The van der Waals surface area contributed by atoms with Crippen LogP contribution in [0.2, 0.25) is 0 Å². The Labute approximate surface area is 103 Å². The first kappa shape index (κ1) is 12.1. The van der Waals surface area contributed by atoms with Gasteiger partial charge in [0, 0.05) is 12.6 Å². The van der Waals surface area contributed by atoms with Gasteiger partial charge >= 0.3 is 0 Å². The molecule has 0 aromatic carbocycles. The Hall–Kier alpha value is -1.33. The van der Waals surface area contributed by atoms with E-state index in [1.807, 2.05) is 0 Å². The monoisotopic (exact) mass is 256 g/mol. The predicted molar refractivity (Wildman–Crippen MR) is 63.0 cm³/mol. The highest BCUT2D eigenvalue weighted by Gasteiger charge is 2.27. The van der Waals surface area contributed by atoms with Gasteiger partial charge in [-0.15, -0.1) is 11.6 Å². The van der Waals surface area contributed by atoms with Crippen molar-refractivity contribution in [2.45, 2.75) is 25.3 Å². The van der Waals surface area contributed by atoms with E-state index in [1.54, 1.807) is 11.5 Å². The van der Waals surface area contributed by atoms with Crippen LogP contribution in [0, 0.1) is 0 Å². The Bertz CT molecular complexity index is 498. The molecule has 17 heavy (non-hydrogen) atoms. The standard InChI is InChI=1S/C11H13ClN2O3/c1-2-17-13-11(16)7-3-4-9(15)14-6-5-8(12)10(7)14/h3-4,8H,2,5-6H2,1H3,(H,13,16). The van der Waals surface area contributed by atoms with E-state index in [1.165, 1.54) is 12.1 Å². The fourth-order valence-corrected chi connectivity index (χ4v) is 2.26. The van der Waals surface area contributed by atoms with Gasteiger partial charge in [-0.2, -0.15) is 0 Å². The van der Waals surface area contributed by atoms with E-state index in [9.17, 15) is 9.59 Å². The Morgan fingerprint density at radius 2 is 2.41 bits per heavy atom. The molecular weight excluding hydrogens is 244 g/mol. The highest BCUT2D eigenvalue weighted by molar-refractivity contribution is 6.21. The summed E-state index contributed by atoms with van der Waals surface area (Å²) >= 11 is 6.12. The quantitative estimate of drug-likeness (QED) is 0.653. The van der Waals surface area contributed by atoms with E-state index in [4.69, 9.17) is 16.4 Å². The number of hydroxylamine groups is 1. The van der Waals surface area contributed by atoms with Gasteiger partial charge in [-0.05, 0) is 19.4 Å². The molecule has 0 bridgehead atoms. The molecule has 2 rings (SSSR count). The van der Waals surface area contributed by atoms with Crippen LogP contribution < -0.4 is 11.0 Å². The van der Waals surface area contributed by atoms with E-state index >= 15 is 0 Å². The molecule has 0 saturated carbocycles. The van der Waals surface area contributed by atoms with E-state index in [0.29, 0.717) is 30.8 Å². The molecule has 2 heterocycles. The molecule has 0 spiro atoms. The summed E-state index contributed by atoms with van der Waals surface area (Å²) in [6.45, 7) is 2.70. The molecule has 6 heteroatoms. The van der Waals surface area contributed by atoms with Crippen molar-refractivity contribution >= 4 is 17.5 Å². The summed E-state index contributed by atoms with van der Waals surface area (Å²) in [4.78, 5) is 28.2. The molecule has 5 nitrogen and oxygen atoms in total. The fraction of sp³-hybridized carbons (Fsp3) is 0.455. The van der Waals surface area contributed by atoms with Crippen LogP contribution in [-0.4, -0.2) is 17.1 Å². The lowest BCUT2D eigenvalue weighted by Gasteiger charge is -2.11. The van der Waals surface area contributed by atoms with Crippen molar-refractivity contribution < 1.29 is 9.63 Å². The first-order chi connectivity index (χ1) is 8.15. The van der Waals surface area contributed by atoms with Crippen LogP contribution in [0.1, 0.15) is 34.8 Å². The molecule has 1 aliphatic heterocycles. The molecular formula is C11H13ClN2O3. The maximum atomic E-state index is 11.8. The molecule has 0 radical (unpaired) electrons. The SMILES string of the molecule is CCONC(=O)c1ccc(=O)n2c1C(Cl)CC2. The number of amides is 1. The molecule has 1 aromatic rings. The van der Waals surface area contributed by atoms with Gasteiger partial charge in [0.25, 0.3) is 11.5 Å². The van der Waals surface area contributed by atoms with E-state index in [2.05, 4.69) is 5.48 Å². The van der Waals surface area contributed by atoms with Crippen molar-refractivity contribution in [3.8, 4) is 0 Å². The third-order valence-corrected chi connectivity index (χ3v) is 3.11. The number of carbonyl (C=O) groups excluding carboxylic acids is 1. The van der Waals surface area contributed by atoms with Crippen LogP contribution in [0.4, 0.5) is 0 Å². The lowest BCUT2D eigenvalue weighted by atomic mass is 10.1. The number of hydrogen-bond donors (Lipinski definition) is 1. The lowest BCUT2D eigenvalue weighted by Crippen LogP contribution is -2.28. The van der Waals surface area contributed by atoms with Crippen LogP contribution in [0.25, 0.3) is 0 Å². The molecule has 0 aliphatic carbocycles. The molecule has 1 N–H and O–H groups in total. The van der Waals surface area contributed by atoms with E-state index in [-0.39, 0.29) is 16.8 Å². The van der Waals surface area contributed by atoms with Gasteiger partial charge in [0.1, 0.15) is 0 Å². The van der Waals surface area contributed by atoms with E-state index in [0.717, 1.165) is 0 Å². The van der Waals surface area contributed by atoms with Crippen molar-refractivity contribution in [3.63, 3.8) is 0 Å². The van der Waals surface area contributed by atoms with Gasteiger partial charge in [-0.3, -0.25) is 14.4 Å². The number of hydrogen-bond acceptors (Lipinski definition) is 3. The number of halogens is 1. The van der Waals surface area contributed by atoms with Gasteiger partial charge in [0.2, 0.25) is 0 Å². The number of aromatic nitrogens is 1. The molecule has 1 amide bonds. The highest BCUT2D eigenvalue weighted by Crippen LogP contribution is 2.32. The Balaban J connectivity index is 2.39. The summed E-state index contributed by atoms with van der Waals surface area (Å²) in [7, 11) is 0. The second-order valence-electron chi connectivity index (χ2n) is 3.74. The molecule has 0 saturated heterocycles. The van der Waals surface area contributed by atoms with Gasteiger partial charge < -0.3 is 4.57 Å². The zero-order valence-electron chi connectivity index (χ0n) is 9.40. The number of fused-ring (bicyclic) bond motifs is 1. The van der Waals surface area contributed by atoms with Crippen LogP contribution >= 0.6 is 11.6 Å². The number of rotatable bonds is 3. The molecule has 1 aromatic heterocycles. The molecule has 0 fully saturated rings. The van der Waals surface area contributed by atoms with Crippen LogP contribution in [-0.2, 0) is 11.4 Å². The zero-order chi connectivity index (χ0) is 12.4. The molecule has 1 unspecified atom stereocenters. The first-order valence-electron chi connectivity index (χ1n) is 5.45. The summed E-state index contributed by atoms with van der Waals surface area (Å²) < 4.78 is 1.54. The molecule has 1 aliphatic rings. The smallest absolute Gasteiger partial charge is 0.276 e. The lowest BCUT2D eigenvalue weighted by molar-refractivity contribution is 0.0363. The first-order valence-corrected chi connectivity index (χ1v) is 5.88. The predicted octanol–water partition coefficient (Wildman–Crippen LogP) is 1.21. The Morgan fingerprint density at radius 1 is 1.65 bits per heavy atom. The number of alkyl halides is 1. The Kier molecular flexibility index (Phi) is 3.49. The van der Waals surface area contributed by atoms with Gasteiger partial charge in [0.05, 0.1) is 23.2 Å². The van der Waals surface area contributed by atoms with Crippen LogP contribution in [0.5, 0.6) is 0 Å². The minimum atomic E-state index is -0.372. The third kappa shape index (κ3) is 2.21. The topological polar surface area (TPSA) is 60.3 Å². The summed E-state index contributed by atoms with van der Waals surface area (Å²) in [5.74, 6) is -0.372. The summed E-state index contributed by atoms with van der Waals surface area (Å²) in [5.41, 5.74) is 3.16. The average Bonchev–Trinajstić information content (AvgIpc) is 2.70. The maximum absolute atomic E-state index is 11.8. The zero-order valence-corrected chi connectivity index (χ0v) is 10.2. The summed E-state index contributed by atoms with van der Waals surface area (Å²) in [5, 5.41) is -0.300. The number of carbonyl (C=O) groups is 1. The van der Waals surface area contributed by atoms with Crippen molar-refractivity contribution in [1.29, 1.82) is 0 Å². The maximum Gasteiger partial charge on any atom is 0.276 e. The number of nitrogens with zero attached hydrogens (tertiary/aromatic N) is 1.